The molecule has 35 heavy (non-hydrogen) atoms. The van der Waals surface area contributed by atoms with E-state index in [1.165, 1.54) is 12.1 Å². The third-order valence-electron chi connectivity index (χ3n) is 6.12. The summed E-state index contributed by atoms with van der Waals surface area (Å²) in [6.45, 7) is 7.21. The molecule has 0 fully saturated rings. The number of hydrogen-bond donors (Lipinski definition) is 1. The van der Waals surface area contributed by atoms with Crippen LogP contribution in [0.5, 0.6) is 23.0 Å². The molecule has 5 nitrogen and oxygen atoms in total. The predicted octanol–water partition coefficient (Wildman–Crippen LogP) is 5.89. The van der Waals surface area contributed by atoms with Gasteiger partial charge in [0.15, 0.2) is 0 Å². The van der Waals surface area contributed by atoms with Crippen molar-refractivity contribution in [3.05, 3.63) is 83.4 Å². The maximum Gasteiger partial charge on any atom is 0.573 e. The molecule has 0 aliphatic carbocycles. The molecule has 0 amide bonds. The predicted molar refractivity (Wildman–Crippen MR) is 126 cm³/mol. The number of likely N-dealkylation sites (N-methyl/N-ethyl adjacent to an activating group) is 1. The monoisotopic (exact) mass is 487 g/mol. The number of alkyl halides is 3. The van der Waals surface area contributed by atoms with E-state index in [0.717, 1.165) is 31.3 Å². The zero-order chi connectivity index (χ0) is 25.1. The molecule has 1 N–H and O–H groups in total. The quantitative estimate of drug-likeness (QED) is 0.408. The average molecular weight is 488 g/mol. The summed E-state index contributed by atoms with van der Waals surface area (Å²) in [4.78, 5) is 2.23. The van der Waals surface area contributed by atoms with Crippen LogP contribution < -0.4 is 14.2 Å². The van der Waals surface area contributed by atoms with Crippen molar-refractivity contribution in [3.8, 4) is 23.0 Å². The highest BCUT2D eigenvalue weighted by Gasteiger charge is 2.41. The van der Waals surface area contributed by atoms with Gasteiger partial charge in [-0.15, -0.1) is 13.2 Å². The van der Waals surface area contributed by atoms with Crippen molar-refractivity contribution in [2.45, 2.75) is 32.2 Å². The van der Waals surface area contributed by atoms with E-state index in [4.69, 9.17) is 9.47 Å². The number of benzene rings is 3. The summed E-state index contributed by atoms with van der Waals surface area (Å²) in [6.07, 6.45) is -4.63. The lowest BCUT2D eigenvalue weighted by Gasteiger charge is -2.36. The van der Waals surface area contributed by atoms with Gasteiger partial charge in [0, 0.05) is 36.2 Å². The highest BCUT2D eigenvalue weighted by molar-refractivity contribution is 5.59. The Labute approximate surface area is 202 Å². The molecule has 4 rings (SSSR count). The van der Waals surface area contributed by atoms with E-state index in [0.29, 0.717) is 29.2 Å². The molecule has 3 aromatic carbocycles. The Kier molecular flexibility index (Phi) is 7.23. The van der Waals surface area contributed by atoms with Crippen molar-refractivity contribution < 1.29 is 32.5 Å². The molecular weight excluding hydrogens is 459 g/mol. The van der Waals surface area contributed by atoms with Crippen molar-refractivity contribution in [1.82, 2.24) is 4.90 Å². The fourth-order valence-corrected chi connectivity index (χ4v) is 4.32. The fraction of sp³-hybridized carbons (Fsp3) is 0.333. The second-order valence-electron chi connectivity index (χ2n) is 8.36. The molecule has 1 heterocycles. The summed E-state index contributed by atoms with van der Waals surface area (Å²) < 4.78 is 54.3. The number of hydrogen-bond acceptors (Lipinski definition) is 5. The lowest BCUT2D eigenvalue weighted by molar-refractivity contribution is -0.274. The molecule has 186 valence electrons. The molecule has 0 saturated heterocycles. The lowest BCUT2D eigenvalue weighted by atomic mass is 9.79. The zero-order valence-corrected chi connectivity index (χ0v) is 19.6. The first kappa shape index (κ1) is 24.9. The van der Waals surface area contributed by atoms with Crippen LogP contribution in [0, 0.1) is 0 Å². The smallest absolute Gasteiger partial charge is 0.492 e. The van der Waals surface area contributed by atoms with Gasteiger partial charge in [0.1, 0.15) is 35.2 Å². The van der Waals surface area contributed by atoms with E-state index in [1.54, 1.807) is 18.2 Å². The number of aliphatic hydroxyl groups is 1. The van der Waals surface area contributed by atoms with Crippen LogP contribution >= 0.6 is 0 Å². The second kappa shape index (κ2) is 10.2. The molecule has 0 spiro atoms. The van der Waals surface area contributed by atoms with Crippen molar-refractivity contribution in [2.75, 3.05) is 26.2 Å². The number of halogens is 3. The zero-order valence-electron chi connectivity index (χ0n) is 19.6. The summed E-state index contributed by atoms with van der Waals surface area (Å²) >= 11 is 0. The number of nitrogens with zero attached hydrogens (tertiary/aromatic N) is 1. The van der Waals surface area contributed by atoms with Gasteiger partial charge in [-0.05, 0) is 42.9 Å². The molecule has 0 aromatic heterocycles. The van der Waals surface area contributed by atoms with Crippen molar-refractivity contribution in [2.24, 2.45) is 0 Å². The van der Waals surface area contributed by atoms with Crippen molar-refractivity contribution in [1.29, 1.82) is 0 Å². The van der Waals surface area contributed by atoms with Crippen molar-refractivity contribution in [3.63, 3.8) is 0 Å². The second-order valence-corrected chi connectivity index (χ2v) is 8.36. The van der Waals surface area contributed by atoms with E-state index >= 15 is 0 Å². The third-order valence-corrected chi connectivity index (χ3v) is 6.12. The first-order valence-electron chi connectivity index (χ1n) is 11.6. The van der Waals surface area contributed by atoms with Crippen LogP contribution in [0.25, 0.3) is 0 Å². The van der Waals surface area contributed by atoms with E-state index in [9.17, 15) is 18.3 Å². The van der Waals surface area contributed by atoms with Gasteiger partial charge in [-0.1, -0.05) is 44.2 Å². The van der Waals surface area contributed by atoms with Gasteiger partial charge in [-0.3, -0.25) is 0 Å². The topological polar surface area (TPSA) is 51.2 Å². The van der Waals surface area contributed by atoms with Crippen LogP contribution in [0.4, 0.5) is 13.2 Å². The van der Waals surface area contributed by atoms with Gasteiger partial charge in [-0.25, -0.2) is 0 Å². The summed E-state index contributed by atoms with van der Waals surface area (Å²) in [5, 5.41) is 12.0. The molecular formula is C27H28F3NO4. The minimum atomic E-state index is -4.84. The van der Waals surface area contributed by atoms with Crippen LogP contribution in [-0.4, -0.2) is 42.6 Å². The lowest BCUT2D eigenvalue weighted by Crippen LogP contribution is -2.33. The van der Waals surface area contributed by atoms with Crippen LogP contribution in [0.15, 0.2) is 66.7 Å². The van der Waals surface area contributed by atoms with Crippen LogP contribution in [0.1, 0.15) is 30.5 Å². The normalized spacial score (nSPS) is 16.9. The van der Waals surface area contributed by atoms with Gasteiger partial charge >= 0.3 is 6.36 Å². The molecule has 3 aromatic rings. The highest BCUT2D eigenvalue weighted by atomic mass is 19.4. The van der Waals surface area contributed by atoms with Crippen LogP contribution in [-0.2, 0) is 12.0 Å². The van der Waals surface area contributed by atoms with E-state index in [1.807, 2.05) is 30.3 Å². The fourth-order valence-electron chi connectivity index (χ4n) is 4.32. The molecule has 8 heteroatoms. The third kappa shape index (κ3) is 5.71. The maximum absolute atomic E-state index is 12.8. The summed E-state index contributed by atoms with van der Waals surface area (Å²) in [5.41, 5.74) is 0.206. The summed E-state index contributed by atoms with van der Waals surface area (Å²) in [5.74, 6) is 0.538. The molecule has 0 bridgehead atoms. The standard InChI is InChI=1S/C27H28F3NO4/c1-3-31(4-2)14-15-33-20-10-12-22-24(16-20)34-25-17-21(35-27(28,29)30)11-13-23(25)26(22,32)18-19-8-6-5-7-9-19/h5-13,16-17,32H,3-4,14-15,18H2,1-2H3. The highest BCUT2D eigenvalue weighted by Crippen LogP contribution is 2.50. The molecule has 1 aliphatic rings. The first-order valence-corrected chi connectivity index (χ1v) is 11.6. The van der Waals surface area contributed by atoms with Gasteiger partial charge in [0.2, 0.25) is 0 Å². The van der Waals surface area contributed by atoms with Gasteiger partial charge in [-0.2, -0.15) is 0 Å². The van der Waals surface area contributed by atoms with Crippen LogP contribution in [0.3, 0.4) is 0 Å². The van der Waals surface area contributed by atoms with Crippen molar-refractivity contribution >= 4 is 0 Å². The molecule has 0 radical (unpaired) electrons. The number of rotatable bonds is 9. The Hall–Kier alpha value is -3.23. The Morgan fingerprint density at radius 3 is 2.09 bits per heavy atom. The van der Waals surface area contributed by atoms with Gasteiger partial charge < -0.3 is 24.2 Å². The summed E-state index contributed by atoms with van der Waals surface area (Å²) in [7, 11) is 0. The SMILES string of the molecule is CCN(CC)CCOc1ccc2c(c1)Oc1cc(OC(F)(F)F)ccc1C2(O)Cc1ccccc1. The molecule has 1 atom stereocenters. The Morgan fingerprint density at radius 1 is 0.886 bits per heavy atom. The minimum Gasteiger partial charge on any atom is -0.492 e. The number of fused-ring (bicyclic) bond motifs is 2. The molecule has 1 aliphatic heterocycles. The molecule has 1 unspecified atom stereocenters. The van der Waals surface area contributed by atoms with Gasteiger partial charge in [0.05, 0.1) is 0 Å². The largest absolute Gasteiger partial charge is 0.573 e. The molecule has 0 saturated carbocycles. The van der Waals surface area contributed by atoms with E-state index in [2.05, 4.69) is 23.5 Å². The maximum atomic E-state index is 12.8. The number of ether oxygens (including phenoxy) is 3. The van der Waals surface area contributed by atoms with E-state index in [-0.39, 0.29) is 12.2 Å². The van der Waals surface area contributed by atoms with Crippen LogP contribution in [0.2, 0.25) is 0 Å². The Balaban J connectivity index is 1.69. The Bertz CT molecular complexity index is 1150. The first-order chi connectivity index (χ1) is 16.7. The average Bonchev–Trinajstić information content (AvgIpc) is 2.81. The minimum absolute atomic E-state index is 0.0953. The van der Waals surface area contributed by atoms with Gasteiger partial charge in [0.25, 0.3) is 0 Å². The summed E-state index contributed by atoms with van der Waals surface area (Å²) in [6, 6.07) is 18.3. The Morgan fingerprint density at radius 2 is 1.49 bits per heavy atom. The van der Waals surface area contributed by atoms with E-state index < -0.39 is 17.7 Å².